The molecule has 0 saturated heterocycles. The molecule has 1 N–H and O–H groups in total. The second-order valence-corrected chi connectivity index (χ2v) is 10.0. The van der Waals surface area contributed by atoms with Crippen LogP contribution in [0, 0.1) is 6.92 Å². The molecule has 6 nitrogen and oxygen atoms in total. The molecule has 0 aliphatic heterocycles. The van der Waals surface area contributed by atoms with Crippen LogP contribution in [0.5, 0.6) is 5.75 Å². The first-order valence-electron chi connectivity index (χ1n) is 10.9. The van der Waals surface area contributed by atoms with Gasteiger partial charge in [0.25, 0.3) is 0 Å². The largest absolute Gasteiger partial charge is 0.493 e. The summed E-state index contributed by atoms with van der Waals surface area (Å²) in [6, 6.07) is 13.1. The van der Waals surface area contributed by atoms with Gasteiger partial charge in [0.1, 0.15) is 5.75 Å². The average Bonchev–Trinajstić information content (AvgIpc) is 2.75. The molecule has 8 heteroatoms. The molecule has 0 bridgehead atoms. The number of ether oxygens (including phenoxy) is 1. The van der Waals surface area contributed by atoms with E-state index in [1.54, 1.807) is 25.1 Å². The van der Waals surface area contributed by atoms with Crippen LogP contribution in [0.1, 0.15) is 43.7 Å². The quantitative estimate of drug-likeness (QED) is 0.420. The average molecular weight is 481 g/mol. The Morgan fingerprint density at radius 2 is 1.88 bits per heavy atom. The predicted octanol–water partition coefficient (Wildman–Crippen LogP) is 4.73. The van der Waals surface area contributed by atoms with Gasteiger partial charge in [-0.25, -0.2) is 8.42 Å². The Kier molecular flexibility index (Phi) is 10.3. The number of anilines is 1. The molecule has 0 heterocycles. The molecule has 0 unspecified atom stereocenters. The van der Waals surface area contributed by atoms with E-state index in [9.17, 15) is 13.2 Å². The summed E-state index contributed by atoms with van der Waals surface area (Å²) < 4.78 is 31.6. The molecule has 2 aromatic carbocycles. The molecule has 1 amide bonds. The third kappa shape index (κ3) is 8.02. The highest BCUT2D eigenvalue weighted by atomic mass is 35.5. The zero-order valence-corrected chi connectivity index (χ0v) is 20.6. The van der Waals surface area contributed by atoms with Crippen molar-refractivity contribution in [2.24, 2.45) is 0 Å². The van der Waals surface area contributed by atoms with Crippen LogP contribution >= 0.6 is 11.6 Å². The van der Waals surface area contributed by atoms with Gasteiger partial charge in [0.05, 0.1) is 18.6 Å². The maximum Gasteiger partial charge on any atom is 0.232 e. The fourth-order valence-electron chi connectivity index (χ4n) is 3.37. The van der Waals surface area contributed by atoms with Crippen LogP contribution < -0.4 is 14.4 Å². The van der Waals surface area contributed by atoms with E-state index in [4.69, 9.17) is 16.3 Å². The number of aryl methyl sites for hydroxylation is 1. The summed E-state index contributed by atoms with van der Waals surface area (Å²) >= 11 is 6.15. The van der Waals surface area contributed by atoms with Crippen molar-refractivity contribution in [3.8, 4) is 5.75 Å². The molecule has 0 atom stereocenters. The number of sulfonamides is 1. The van der Waals surface area contributed by atoms with Crippen LogP contribution in [0.15, 0.2) is 42.5 Å². The molecule has 2 aromatic rings. The number of nitrogens with one attached hydrogen (secondary N) is 1. The summed E-state index contributed by atoms with van der Waals surface area (Å²) in [5, 5.41) is 3.43. The van der Waals surface area contributed by atoms with E-state index in [0.29, 0.717) is 35.8 Å². The molecule has 0 fully saturated rings. The van der Waals surface area contributed by atoms with Crippen LogP contribution in [-0.4, -0.2) is 40.3 Å². The van der Waals surface area contributed by atoms with E-state index in [2.05, 4.69) is 12.2 Å². The number of carbonyl (C=O) groups is 1. The fourth-order valence-corrected chi connectivity index (χ4v) is 4.56. The van der Waals surface area contributed by atoms with Crippen molar-refractivity contribution >= 4 is 33.2 Å². The number of amides is 1. The van der Waals surface area contributed by atoms with Crippen LogP contribution in [0.25, 0.3) is 0 Å². The number of rotatable bonds is 13. The SMILES string of the molecule is CCCOc1ccccc1CCCNC(=O)CCCN(c1cccc(Cl)c1C)S(C)(=O)=O. The summed E-state index contributed by atoms with van der Waals surface area (Å²) in [6.07, 6.45) is 4.40. The van der Waals surface area contributed by atoms with E-state index >= 15 is 0 Å². The predicted molar refractivity (Wildman–Crippen MR) is 131 cm³/mol. The Morgan fingerprint density at radius 1 is 1.12 bits per heavy atom. The van der Waals surface area contributed by atoms with Gasteiger partial charge in [0.15, 0.2) is 0 Å². The summed E-state index contributed by atoms with van der Waals surface area (Å²) in [4.78, 5) is 12.2. The second-order valence-electron chi connectivity index (χ2n) is 7.73. The fraction of sp³-hybridized carbons (Fsp3) is 0.458. The molecule has 0 aromatic heterocycles. The lowest BCUT2D eigenvalue weighted by atomic mass is 10.1. The molecule has 0 radical (unpaired) electrons. The molecular formula is C24H33ClN2O4S. The summed E-state index contributed by atoms with van der Waals surface area (Å²) in [6.45, 7) is 5.32. The standard InChI is InChI=1S/C24H33ClN2O4S/c1-4-18-31-23-14-6-5-10-20(23)11-8-16-26-24(28)15-9-17-27(32(3,29)30)22-13-7-12-21(25)19(22)2/h5-7,10,12-14H,4,8-9,11,15-18H2,1-3H3,(H,26,28). The lowest BCUT2D eigenvalue weighted by Gasteiger charge is -2.24. The van der Waals surface area contributed by atoms with Gasteiger partial charge in [-0.2, -0.15) is 0 Å². The van der Waals surface area contributed by atoms with E-state index < -0.39 is 10.0 Å². The number of hydrogen-bond acceptors (Lipinski definition) is 4. The monoisotopic (exact) mass is 480 g/mol. The molecule has 0 aliphatic carbocycles. The maximum atomic E-state index is 12.3. The van der Waals surface area contributed by atoms with Crippen LogP contribution in [-0.2, 0) is 21.2 Å². The number of para-hydroxylation sites is 1. The smallest absolute Gasteiger partial charge is 0.232 e. The van der Waals surface area contributed by atoms with Crippen LogP contribution in [0.2, 0.25) is 5.02 Å². The van der Waals surface area contributed by atoms with Gasteiger partial charge in [-0.05, 0) is 61.9 Å². The third-order valence-electron chi connectivity index (χ3n) is 5.05. The normalized spacial score (nSPS) is 11.2. The highest BCUT2D eigenvalue weighted by Crippen LogP contribution is 2.28. The number of nitrogens with zero attached hydrogens (tertiary/aromatic N) is 1. The van der Waals surface area contributed by atoms with Crippen molar-refractivity contribution in [1.29, 1.82) is 0 Å². The minimum Gasteiger partial charge on any atom is -0.493 e. The molecule has 0 saturated carbocycles. The van der Waals surface area contributed by atoms with Crippen molar-refractivity contribution in [2.75, 3.05) is 30.3 Å². The molecule has 2 rings (SSSR count). The van der Waals surface area contributed by atoms with Crippen molar-refractivity contribution in [3.63, 3.8) is 0 Å². The minimum atomic E-state index is -3.49. The van der Waals surface area contributed by atoms with Crippen LogP contribution in [0.3, 0.4) is 0 Å². The van der Waals surface area contributed by atoms with Crippen molar-refractivity contribution in [3.05, 3.63) is 58.6 Å². The van der Waals surface area contributed by atoms with Crippen LogP contribution in [0.4, 0.5) is 5.69 Å². The van der Waals surface area contributed by atoms with Gasteiger partial charge in [-0.1, -0.05) is 42.8 Å². The first kappa shape index (κ1) is 26.0. The Morgan fingerprint density at radius 3 is 2.59 bits per heavy atom. The topological polar surface area (TPSA) is 75.7 Å². The zero-order chi connectivity index (χ0) is 23.6. The molecule has 0 spiro atoms. The van der Waals surface area contributed by atoms with Crippen molar-refractivity contribution in [2.45, 2.75) is 46.0 Å². The first-order valence-corrected chi connectivity index (χ1v) is 13.2. The van der Waals surface area contributed by atoms with Gasteiger partial charge < -0.3 is 10.1 Å². The summed E-state index contributed by atoms with van der Waals surface area (Å²) in [5.74, 6) is 0.814. The Labute approximate surface area is 197 Å². The molecule has 0 aliphatic rings. The van der Waals surface area contributed by atoms with E-state index in [-0.39, 0.29) is 18.9 Å². The first-order chi connectivity index (χ1) is 15.2. The van der Waals surface area contributed by atoms with Gasteiger partial charge in [-0.3, -0.25) is 9.10 Å². The van der Waals surface area contributed by atoms with Gasteiger partial charge in [0, 0.05) is 24.5 Å². The zero-order valence-electron chi connectivity index (χ0n) is 19.1. The number of hydrogen-bond donors (Lipinski definition) is 1. The Hall–Kier alpha value is -2.25. The summed E-state index contributed by atoms with van der Waals surface area (Å²) in [7, 11) is -3.49. The third-order valence-corrected chi connectivity index (χ3v) is 6.64. The number of halogens is 1. The van der Waals surface area contributed by atoms with E-state index in [1.165, 1.54) is 4.31 Å². The molecule has 32 heavy (non-hydrogen) atoms. The highest BCUT2D eigenvalue weighted by Gasteiger charge is 2.20. The lowest BCUT2D eigenvalue weighted by Crippen LogP contribution is -2.32. The number of carbonyl (C=O) groups excluding carboxylic acids is 1. The number of benzene rings is 2. The Balaban J connectivity index is 1.80. The molecular weight excluding hydrogens is 448 g/mol. The second kappa shape index (κ2) is 12.7. The van der Waals surface area contributed by atoms with Gasteiger partial charge in [-0.15, -0.1) is 0 Å². The van der Waals surface area contributed by atoms with Gasteiger partial charge in [0.2, 0.25) is 15.9 Å². The summed E-state index contributed by atoms with van der Waals surface area (Å²) in [5.41, 5.74) is 2.38. The minimum absolute atomic E-state index is 0.0863. The maximum absolute atomic E-state index is 12.3. The van der Waals surface area contributed by atoms with Gasteiger partial charge >= 0.3 is 0 Å². The van der Waals surface area contributed by atoms with Crippen molar-refractivity contribution in [1.82, 2.24) is 5.32 Å². The van der Waals surface area contributed by atoms with Crippen molar-refractivity contribution < 1.29 is 17.9 Å². The van der Waals surface area contributed by atoms with E-state index in [1.807, 2.05) is 24.3 Å². The van der Waals surface area contributed by atoms with E-state index in [0.717, 1.165) is 36.8 Å². The molecule has 176 valence electrons. The Bertz CT molecular complexity index is 995. The highest BCUT2D eigenvalue weighted by molar-refractivity contribution is 7.92. The lowest BCUT2D eigenvalue weighted by molar-refractivity contribution is -0.121.